The van der Waals surface area contributed by atoms with Gasteiger partial charge >= 0.3 is 156 Å². The Labute approximate surface area is 155 Å². The summed E-state index contributed by atoms with van der Waals surface area (Å²) < 4.78 is 3.05. The first-order valence-electron chi connectivity index (χ1n) is 8.93. The molecule has 0 bridgehead atoms. The van der Waals surface area contributed by atoms with Crippen LogP contribution >= 0.6 is 0 Å². The Hall–Kier alpha value is -0.980. The van der Waals surface area contributed by atoms with E-state index in [2.05, 4.69) is 92.5 Å². The van der Waals surface area contributed by atoms with E-state index in [0.717, 1.165) is 7.25 Å². The maximum atomic E-state index is 2.56. The number of hydrogen-bond acceptors (Lipinski definition) is 0. The monoisotopic (exact) mass is 407 g/mol. The van der Waals surface area contributed by atoms with Gasteiger partial charge in [-0.15, -0.1) is 0 Å². The molecule has 121 valence electrons. The molecule has 2 unspecified atom stereocenters. The minimum atomic E-state index is -1.76. The van der Waals surface area contributed by atoms with Gasteiger partial charge in [0.25, 0.3) is 0 Å². The van der Waals surface area contributed by atoms with Crippen LogP contribution < -0.4 is 0 Å². The minimum absolute atomic E-state index is 0.746. The van der Waals surface area contributed by atoms with Gasteiger partial charge in [0.1, 0.15) is 0 Å². The molecule has 0 aliphatic heterocycles. The van der Waals surface area contributed by atoms with E-state index in [1.165, 1.54) is 11.1 Å². The summed E-state index contributed by atoms with van der Waals surface area (Å²) in [5.74, 6) is 0. The zero-order chi connectivity index (χ0) is 16.7. The Bertz CT molecular complexity index is 751. The van der Waals surface area contributed by atoms with Crippen molar-refractivity contribution in [1.82, 2.24) is 0 Å². The van der Waals surface area contributed by atoms with Crippen molar-refractivity contribution < 1.29 is 21.8 Å². The van der Waals surface area contributed by atoms with Crippen molar-refractivity contribution in [2.45, 2.75) is 30.6 Å². The Morgan fingerprint density at radius 1 is 0.750 bits per heavy atom. The summed E-state index contributed by atoms with van der Waals surface area (Å²) in [5, 5.41) is 0. The second kappa shape index (κ2) is 6.39. The van der Waals surface area contributed by atoms with Crippen LogP contribution in [-0.4, -0.2) is 8.07 Å². The van der Waals surface area contributed by atoms with Crippen LogP contribution in [0.25, 0.3) is 12.2 Å². The van der Waals surface area contributed by atoms with Crippen LogP contribution in [0.5, 0.6) is 0 Å². The first-order chi connectivity index (χ1) is 11.5. The van der Waals surface area contributed by atoms with Gasteiger partial charge in [0.05, 0.1) is 0 Å². The molecule has 2 atom stereocenters. The van der Waals surface area contributed by atoms with Crippen LogP contribution in [0.3, 0.4) is 0 Å². The Kier molecular flexibility index (Phi) is 4.39. The molecule has 0 saturated carbocycles. The molecule has 0 heterocycles. The number of rotatable bonds is 4. The fourth-order valence-corrected chi connectivity index (χ4v) is 24.0. The van der Waals surface area contributed by atoms with Crippen molar-refractivity contribution in [3.8, 4) is 0 Å². The summed E-state index contributed by atoms with van der Waals surface area (Å²) in [7, 11) is -1.08. The summed E-state index contributed by atoms with van der Waals surface area (Å²) in [6.45, 7) is 7.67. The zero-order valence-electron chi connectivity index (χ0n) is 14.8. The molecule has 0 spiro atoms. The molecule has 0 nitrogen and oxygen atoms in total. The normalized spacial score (nSPS) is 21.0. The zero-order valence-corrected chi connectivity index (χ0v) is 18.2. The molecular formula is C22H25SiZr. The Morgan fingerprint density at radius 2 is 1.21 bits per heavy atom. The van der Waals surface area contributed by atoms with Crippen molar-refractivity contribution in [3.05, 3.63) is 82.9 Å². The van der Waals surface area contributed by atoms with E-state index in [0.29, 0.717) is 0 Å². The van der Waals surface area contributed by atoms with E-state index in [4.69, 9.17) is 0 Å². The molecule has 0 fully saturated rings. The van der Waals surface area contributed by atoms with E-state index in [1.54, 1.807) is 14.9 Å². The molecule has 2 aliphatic rings. The summed E-state index contributed by atoms with van der Waals surface area (Å²) in [4.78, 5) is 0. The van der Waals surface area contributed by atoms with Gasteiger partial charge in [0, 0.05) is 0 Å². The first kappa shape index (κ1) is 16.5. The molecule has 0 radical (unpaired) electrons. The summed E-state index contributed by atoms with van der Waals surface area (Å²) in [5.41, 5.74) is 6.16. The van der Waals surface area contributed by atoms with Gasteiger partial charge in [0.15, 0.2) is 0 Å². The topological polar surface area (TPSA) is 0 Å². The molecule has 0 amide bonds. The number of fused-ring (bicyclic) bond motifs is 2. The average Bonchev–Trinajstić information content (AvgIpc) is 3.16. The van der Waals surface area contributed by atoms with Gasteiger partial charge in [-0.2, -0.15) is 0 Å². The summed E-state index contributed by atoms with van der Waals surface area (Å²) >= 11 is -1.76. The van der Waals surface area contributed by atoms with Crippen molar-refractivity contribution >= 4 is 20.2 Å². The third-order valence-electron chi connectivity index (χ3n) is 5.13. The van der Waals surface area contributed by atoms with Crippen molar-refractivity contribution in [3.63, 3.8) is 0 Å². The maximum absolute atomic E-state index is 2.56. The number of benzene rings is 2. The number of allylic oxidation sites excluding steroid dienone is 2. The third-order valence-corrected chi connectivity index (χ3v) is 23.8. The fourth-order valence-electron chi connectivity index (χ4n) is 4.17. The van der Waals surface area contributed by atoms with Gasteiger partial charge < -0.3 is 0 Å². The molecule has 0 saturated heterocycles. The van der Waals surface area contributed by atoms with Crippen molar-refractivity contribution in [1.29, 1.82) is 0 Å². The summed E-state index contributed by atoms with van der Waals surface area (Å²) in [6.07, 6.45) is 9.87. The van der Waals surface area contributed by atoms with E-state index in [9.17, 15) is 0 Å². The molecule has 2 aromatic rings. The predicted octanol–water partition coefficient (Wildman–Crippen LogP) is 6.44. The average molecular weight is 409 g/mol. The molecular weight excluding hydrogens is 384 g/mol. The van der Waals surface area contributed by atoms with E-state index in [1.807, 2.05) is 0 Å². The second-order valence-electron chi connectivity index (χ2n) is 8.24. The van der Waals surface area contributed by atoms with Crippen LogP contribution in [0.2, 0.25) is 23.4 Å². The Morgan fingerprint density at radius 3 is 1.67 bits per heavy atom. The quantitative estimate of drug-likeness (QED) is 0.511. The van der Waals surface area contributed by atoms with Crippen molar-refractivity contribution in [2.24, 2.45) is 0 Å². The van der Waals surface area contributed by atoms with Crippen LogP contribution in [0.1, 0.15) is 29.5 Å². The molecule has 4 rings (SSSR count). The standard InChI is InChI=1S/2C9H7.C4H11Si.Zr/c2*1-2-5-9-7-3-6-8(9)4-1;1-5(2,3)4;/h2*1-7H;1H2,2-4H3;. The van der Waals surface area contributed by atoms with Gasteiger partial charge in [-0.3, -0.25) is 0 Å². The van der Waals surface area contributed by atoms with E-state index in [-0.39, 0.29) is 0 Å². The van der Waals surface area contributed by atoms with Gasteiger partial charge in [0.2, 0.25) is 0 Å². The molecule has 2 aliphatic carbocycles. The molecule has 0 N–H and O–H groups in total. The van der Waals surface area contributed by atoms with Crippen LogP contribution in [-0.2, 0) is 21.8 Å². The predicted molar refractivity (Wildman–Crippen MR) is 105 cm³/mol. The second-order valence-corrected chi connectivity index (χ2v) is 22.2. The summed E-state index contributed by atoms with van der Waals surface area (Å²) in [6, 6.07) is 18.2. The molecule has 0 aromatic heterocycles. The molecule has 24 heavy (non-hydrogen) atoms. The van der Waals surface area contributed by atoms with Crippen molar-refractivity contribution in [2.75, 3.05) is 0 Å². The Balaban J connectivity index is 1.75. The number of hydrogen-bond donors (Lipinski definition) is 0. The third kappa shape index (κ3) is 3.11. The van der Waals surface area contributed by atoms with E-state index < -0.39 is 29.8 Å². The fraction of sp³-hybridized carbons (Fsp3) is 0.273. The first-order valence-corrected chi connectivity index (χ1v) is 17.2. The van der Waals surface area contributed by atoms with Crippen LogP contribution in [0, 0.1) is 0 Å². The van der Waals surface area contributed by atoms with Crippen LogP contribution in [0.15, 0.2) is 60.7 Å². The van der Waals surface area contributed by atoms with Gasteiger partial charge in [-0.25, -0.2) is 0 Å². The van der Waals surface area contributed by atoms with Gasteiger partial charge in [-0.05, 0) is 0 Å². The molecule has 2 aromatic carbocycles. The molecule has 2 heteroatoms. The SMILES string of the molecule is C[Si](C)(C)[CH2][Zr]([CH]1C=Cc2ccccc21)[CH]1C=Cc2ccccc21. The van der Waals surface area contributed by atoms with Crippen LogP contribution in [0.4, 0.5) is 0 Å². The van der Waals surface area contributed by atoms with E-state index >= 15 is 0 Å². The van der Waals surface area contributed by atoms with Gasteiger partial charge in [-0.1, -0.05) is 0 Å².